The highest BCUT2D eigenvalue weighted by molar-refractivity contribution is 6.31. The molecule has 1 amide bonds. The number of halogens is 2. The van der Waals surface area contributed by atoms with Crippen LogP contribution < -0.4 is 10.9 Å². The summed E-state index contributed by atoms with van der Waals surface area (Å²) in [5.41, 5.74) is 2.76. The highest BCUT2D eigenvalue weighted by Crippen LogP contribution is 2.28. The van der Waals surface area contributed by atoms with E-state index in [-0.39, 0.29) is 22.5 Å². The molecule has 0 spiro atoms. The molecule has 1 aliphatic rings. The molecular formula is C20H18Cl2N6O2. The number of pyridine rings is 1. The van der Waals surface area contributed by atoms with Crippen LogP contribution in [0.1, 0.15) is 35.5 Å². The Balaban J connectivity index is 1.66. The van der Waals surface area contributed by atoms with Crippen LogP contribution >= 0.6 is 23.2 Å². The van der Waals surface area contributed by atoms with Crippen molar-refractivity contribution in [1.29, 1.82) is 0 Å². The second kappa shape index (κ2) is 8.81. The van der Waals surface area contributed by atoms with E-state index in [1.165, 1.54) is 0 Å². The molecule has 10 heteroatoms. The van der Waals surface area contributed by atoms with Crippen molar-refractivity contribution in [3.63, 3.8) is 0 Å². The van der Waals surface area contributed by atoms with Crippen LogP contribution in [0, 0.1) is 0 Å². The first-order chi connectivity index (χ1) is 14.5. The maximum Gasteiger partial charge on any atom is 0.267 e. The Bertz CT molecular complexity index is 1160. The summed E-state index contributed by atoms with van der Waals surface area (Å²) >= 11 is 12.4. The molecule has 1 aromatic carbocycles. The molecule has 30 heavy (non-hydrogen) atoms. The molecule has 8 nitrogen and oxygen atoms in total. The van der Waals surface area contributed by atoms with Gasteiger partial charge < -0.3 is 10.3 Å². The number of hydrogen-bond donors (Lipinski definition) is 3. The zero-order chi connectivity index (χ0) is 21.1. The average molecular weight is 445 g/mol. The summed E-state index contributed by atoms with van der Waals surface area (Å²) in [6, 6.07) is 8.90. The largest absolute Gasteiger partial charge is 0.350 e. The number of amides is 1. The number of benzene rings is 1. The summed E-state index contributed by atoms with van der Waals surface area (Å²) in [4.78, 5) is 26.5. The number of hydrogen-bond acceptors (Lipinski definition) is 5. The van der Waals surface area contributed by atoms with E-state index in [2.05, 4.69) is 30.9 Å². The quantitative estimate of drug-likeness (QED) is 0.540. The van der Waals surface area contributed by atoms with Crippen LogP contribution in [0.25, 0.3) is 5.57 Å². The van der Waals surface area contributed by atoms with Crippen molar-refractivity contribution in [2.24, 2.45) is 0 Å². The van der Waals surface area contributed by atoms with Gasteiger partial charge in [-0.1, -0.05) is 46.6 Å². The monoisotopic (exact) mass is 444 g/mol. The number of aromatic amines is 2. The number of nitrogens with zero attached hydrogens (tertiary/aromatic N) is 3. The minimum atomic E-state index is -0.377. The summed E-state index contributed by atoms with van der Waals surface area (Å²) < 4.78 is 0. The van der Waals surface area contributed by atoms with Crippen molar-refractivity contribution in [2.75, 3.05) is 0 Å². The fourth-order valence-corrected chi connectivity index (χ4v) is 3.76. The molecule has 154 valence electrons. The summed E-state index contributed by atoms with van der Waals surface area (Å²) in [5, 5.41) is 17.5. The third kappa shape index (κ3) is 4.60. The predicted octanol–water partition coefficient (Wildman–Crippen LogP) is 2.69. The number of aromatic nitrogens is 5. The maximum atomic E-state index is 12.1. The van der Waals surface area contributed by atoms with E-state index in [4.69, 9.17) is 23.2 Å². The maximum absolute atomic E-state index is 12.1. The normalized spacial score (nSPS) is 16.7. The molecule has 1 atom stereocenters. The molecule has 3 N–H and O–H groups in total. The molecule has 0 aliphatic carbocycles. The van der Waals surface area contributed by atoms with Crippen molar-refractivity contribution >= 4 is 34.7 Å². The molecule has 0 saturated carbocycles. The lowest BCUT2D eigenvalue weighted by atomic mass is 9.97. The van der Waals surface area contributed by atoms with Crippen molar-refractivity contribution < 1.29 is 4.79 Å². The van der Waals surface area contributed by atoms with Crippen molar-refractivity contribution in [1.82, 2.24) is 30.9 Å². The number of nitrogens with one attached hydrogen (secondary N) is 3. The van der Waals surface area contributed by atoms with E-state index < -0.39 is 0 Å². The van der Waals surface area contributed by atoms with Gasteiger partial charge in [-0.2, -0.15) is 5.21 Å². The highest BCUT2D eigenvalue weighted by atomic mass is 35.5. The molecule has 0 unspecified atom stereocenters. The number of rotatable bonds is 6. The van der Waals surface area contributed by atoms with E-state index in [1.54, 1.807) is 12.1 Å². The smallest absolute Gasteiger partial charge is 0.267 e. The number of carbonyl (C=O) groups is 1. The lowest BCUT2D eigenvalue weighted by molar-refractivity contribution is -0.119. The molecule has 2 aromatic heterocycles. The van der Waals surface area contributed by atoms with Gasteiger partial charge in [-0.05, 0) is 42.2 Å². The molecule has 0 bridgehead atoms. The summed E-state index contributed by atoms with van der Waals surface area (Å²) in [7, 11) is 0. The summed E-state index contributed by atoms with van der Waals surface area (Å²) in [6.07, 6.45) is 4.37. The van der Waals surface area contributed by atoms with Crippen molar-refractivity contribution in [3.05, 3.63) is 79.5 Å². The van der Waals surface area contributed by atoms with Crippen molar-refractivity contribution in [3.8, 4) is 0 Å². The van der Waals surface area contributed by atoms with Gasteiger partial charge in [-0.15, -0.1) is 10.2 Å². The fraction of sp³-hybridized carbons (Fsp3) is 0.250. The van der Waals surface area contributed by atoms with Crippen LogP contribution in [0.15, 0.2) is 41.2 Å². The molecule has 3 aromatic rings. The molecule has 3 heterocycles. The van der Waals surface area contributed by atoms with E-state index in [0.717, 1.165) is 16.7 Å². The molecular weight excluding hydrogens is 427 g/mol. The van der Waals surface area contributed by atoms with E-state index in [1.807, 2.05) is 24.3 Å². The predicted molar refractivity (Wildman–Crippen MR) is 113 cm³/mol. The molecule has 1 saturated heterocycles. The lowest BCUT2D eigenvalue weighted by Gasteiger charge is -2.14. The van der Waals surface area contributed by atoms with Gasteiger partial charge in [-0.25, -0.2) is 0 Å². The second-order valence-electron chi connectivity index (χ2n) is 6.98. The lowest BCUT2D eigenvalue weighted by Crippen LogP contribution is -2.23. The Morgan fingerprint density at radius 2 is 2.00 bits per heavy atom. The Labute approximate surface area is 181 Å². The average Bonchev–Trinajstić information content (AvgIpc) is 3.39. The van der Waals surface area contributed by atoms with Gasteiger partial charge in [0.1, 0.15) is 5.02 Å². The zero-order valence-electron chi connectivity index (χ0n) is 15.8. The van der Waals surface area contributed by atoms with Crippen LogP contribution in [0.5, 0.6) is 0 Å². The summed E-state index contributed by atoms with van der Waals surface area (Å²) in [5.74, 6) is 0.626. The topological polar surface area (TPSA) is 116 Å². The number of carbonyl (C=O) groups excluding carboxylic acids is 1. The second-order valence-corrected chi connectivity index (χ2v) is 7.79. The third-order valence-corrected chi connectivity index (χ3v) is 5.57. The van der Waals surface area contributed by atoms with Crippen LogP contribution in [0.4, 0.5) is 0 Å². The van der Waals surface area contributed by atoms with Gasteiger partial charge in [0.15, 0.2) is 5.82 Å². The first kappa shape index (κ1) is 20.3. The number of H-pyrrole nitrogens is 2. The molecule has 1 fully saturated rings. The van der Waals surface area contributed by atoms with Crippen LogP contribution in [-0.2, 0) is 17.6 Å². The Kier molecular flexibility index (Phi) is 5.96. The molecule has 0 radical (unpaired) electrons. The van der Waals surface area contributed by atoms with Crippen molar-refractivity contribution in [2.45, 2.75) is 31.7 Å². The van der Waals surface area contributed by atoms with Crippen LogP contribution in [0.3, 0.4) is 0 Å². The Hall–Kier alpha value is -2.97. The summed E-state index contributed by atoms with van der Waals surface area (Å²) in [6.45, 7) is 0. The van der Waals surface area contributed by atoms with Gasteiger partial charge in [-0.3, -0.25) is 9.59 Å². The fourth-order valence-electron chi connectivity index (χ4n) is 3.37. The standard InChI is InChI=1S/C20H18Cl2N6O2/c21-15-5-6-17(24-20(15)30)14(10-13-4-8-19(29)23-13)12-2-1-11(16(22)9-12)3-7-18-25-27-28-26-18/h1-2,5-6,9-10,13H,3-4,7-8H2,(H,23,29)(H,24,30)(H,25,26,27,28)/b14-10+/t13-/m1/s1. The Morgan fingerprint density at radius 3 is 2.67 bits per heavy atom. The van der Waals surface area contributed by atoms with Gasteiger partial charge in [0.2, 0.25) is 5.91 Å². The SMILES string of the molecule is O=C1CC[C@H](/C=C(\c2ccc(CCc3nn[nH]n3)c(Cl)c2)c2ccc(Cl)c(=O)[nH]2)N1. The zero-order valence-corrected chi connectivity index (χ0v) is 17.3. The minimum absolute atomic E-state index is 0.00930. The van der Waals surface area contributed by atoms with E-state index >= 15 is 0 Å². The van der Waals surface area contributed by atoms with Crippen LogP contribution in [0.2, 0.25) is 10.0 Å². The number of aryl methyl sites for hydroxylation is 2. The van der Waals surface area contributed by atoms with Gasteiger partial charge in [0, 0.05) is 35.2 Å². The molecule has 1 aliphatic heterocycles. The first-order valence-electron chi connectivity index (χ1n) is 9.41. The first-order valence-corrected chi connectivity index (χ1v) is 10.2. The minimum Gasteiger partial charge on any atom is -0.350 e. The Morgan fingerprint density at radius 1 is 1.13 bits per heavy atom. The number of tetrazole rings is 1. The van der Waals surface area contributed by atoms with Crippen LogP contribution in [-0.4, -0.2) is 37.6 Å². The van der Waals surface area contributed by atoms with Gasteiger partial charge in [0.05, 0.1) is 0 Å². The van der Waals surface area contributed by atoms with Gasteiger partial charge in [0.25, 0.3) is 5.56 Å². The molecule has 4 rings (SSSR count). The highest BCUT2D eigenvalue weighted by Gasteiger charge is 2.21. The van der Waals surface area contributed by atoms with Gasteiger partial charge >= 0.3 is 0 Å². The third-order valence-electron chi connectivity index (χ3n) is 4.92. The van der Waals surface area contributed by atoms with E-state index in [9.17, 15) is 9.59 Å². The van der Waals surface area contributed by atoms with E-state index in [0.29, 0.717) is 42.2 Å².